The third kappa shape index (κ3) is 3.36. The Kier molecular flexibility index (Phi) is 3.82. The number of rotatable bonds is 2. The minimum atomic E-state index is 0.108. The fourth-order valence-corrected chi connectivity index (χ4v) is 3.13. The summed E-state index contributed by atoms with van der Waals surface area (Å²) in [4.78, 5) is 13.3. The van der Waals surface area contributed by atoms with Crippen molar-refractivity contribution in [1.82, 2.24) is 15.0 Å². The van der Waals surface area contributed by atoms with Crippen molar-refractivity contribution in [2.45, 2.75) is 39.5 Å². The first-order chi connectivity index (χ1) is 8.34. The van der Waals surface area contributed by atoms with Gasteiger partial charge < -0.3 is 0 Å². The van der Waals surface area contributed by atoms with E-state index in [0.29, 0.717) is 0 Å². The molecule has 0 fully saturated rings. The van der Waals surface area contributed by atoms with Crippen LogP contribution in [0.5, 0.6) is 0 Å². The van der Waals surface area contributed by atoms with Gasteiger partial charge >= 0.3 is 0 Å². The maximum atomic E-state index is 4.68. The fourth-order valence-electron chi connectivity index (χ4n) is 1.57. The quantitative estimate of drug-likeness (QED) is 0.786. The summed E-state index contributed by atoms with van der Waals surface area (Å²) in [6, 6.07) is 1.95. The average Bonchev–Trinajstić information content (AvgIpc) is 2.63. The van der Waals surface area contributed by atoms with Crippen molar-refractivity contribution in [3.8, 4) is 0 Å². The summed E-state index contributed by atoms with van der Waals surface area (Å²) in [5.41, 5.74) is 2.26. The van der Waals surface area contributed by atoms with Crippen LogP contribution in [0.4, 0.5) is 0 Å². The zero-order valence-corrected chi connectivity index (χ0v) is 13.4. The number of aryl methyl sites for hydroxylation is 1. The van der Waals surface area contributed by atoms with E-state index in [1.165, 1.54) is 0 Å². The fraction of sp³-hybridized carbons (Fsp3) is 0.462. The molecule has 0 unspecified atom stereocenters. The van der Waals surface area contributed by atoms with Gasteiger partial charge in [0.1, 0.15) is 10.4 Å². The van der Waals surface area contributed by atoms with Crippen LogP contribution >= 0.6 is 27.3 Å². The SMILES string of the molecule is Cc1nc(Br)cc(Cc2nc(C(C)(C)C)cs2)n1. The molecule has 0 spiro atoms. The van der Waals surface area contributed by atoms with E-state index in [1.54, 1.807) is 11.3 Å². The first kappa shape index (κ1) is 13.6. The van der Waals surface area contributed by atoms with Gasteiger partial charge in [0.15, 0.2) is 0 Å². The first-order valence-corrected chi connectivity index (χ1v) is 7.47. The van der Waals surface area contributed by atoms with Crippen molar-refractivity contribution >= 4 is 27.3 Å². The summed E-state index contributed by atoms with van der Waals surface area (Å²) in [5, 5.41) is 3.24. The number of hydrogen-bond acceptors (Lipinski definition) is 4. The number of aromatic nitrogens is 3. The monoisotopic (exact) mass is 325 g/mol. The number of nitrogens with zero attached hydrogens (tertiary/aromatic N) is 3. The van der Waals surface area contributed by atoms with E-state index < -0.39 is 0 Å². The summed E-state index contributed by atoms with van der Waals surface area (Å²) < 4.78 is 0.831. The van der Waals surface area contributed by atoms with E-state index >= 15 is 0 Å². The van der Waals surface area contributed by atoms with E-state index in [4.69, 9.17) is 0 Å². The second-order valence-electron chi connectivity index (χ2n) is 5.28. The lowest BCUT2D eigenvalue weighted by atomic mass is 9.93. The largest absolute Gasteiger partial charge is 0.245 e. The normalized spacial score (nSPS) is 11.8. The molecule has 2 heterocycles. The van der Waals surface area contributed by atoms with Crippen LogP contribution in [0.3, 0.4) is 0 Å². The first-order valence-electron chi connectivity index (χ1n) is 5.79. The molecule has 0 amide bonds. The molecule has 0 radical (unpaired) electrons. The summed E-state index contributed by atoms with van der Waals surface area (Å²) in [6.45, 7) is 8.43. The van der Waals surface area contributed by atoms with Gasteiger partial charge in [-0.15, -0.1) is 11.3 Å². The van der Waals surface area contributed by atoms with Crippen molar-refractivity contribution in [1.29, 1.82) is 0 Å². The molecule has 0 N–H and O–H groups in total. The van der Waals surface area contributed by atoms with E-state index in [2.05, 4.69) is 57.0 Å². The van der Waals surface area contributed by atoms with Gasteiger partial charge in [0.2, 0.25) is 0 Å². The lowest BCUT2D eigenvalue weighted by Crippen LogP contribution is -2.11. The molecule has 0 aliphatic carbocycles. The third-order valence-corrected chi connectivity index (χ3v) is 3.77. The van der Waals surface area contributed by atoms with Crippen molar-refractivity contribution in [3.05, 3.63) is 38.3 Å². The Labute approximate surface area is 120 Å². The molecule has 2 rings (SSSR count). The Bertz CT molecular complexity index is 537. The minimum Gasteiger partial charge on any atom is -0.245 e. The van der Waals surface area contributed by atoms with E-state index in [1.807, 2.05) is 13.0 Å². The molecule has 0 saturated heterocycles. The highest BCUT2D eigenvalue weighted by molar-refractivity contribution is 9.10. The number of thiazole rings is 1. The van der Waals surface area contributed by atoms with Crippen LogP contribution in [0.2, 0.25) is 0 Å². The second kappa shape index (κ2) is 5.05. The third-order valence-electron chi connectivity index (χ3n) is 2.51. The van der Waals surface area contributed by atoms with Gasteiger partial charge in [-0.2, -0.15) is 0 Å². The van der Waals surface area contributed by atoms with Gasteiger partial charge in [-0.05, 0) is 28.9 Å². The van der Waals surface area contributed by atoms with Crippen molar-refractivity contribution in [2.24, 2.45) is 0 Å². The van der Waals surface area contributed by atoms with Crippen LogP contribution < -0.4 is 0 Å². The van der Waals surface area contributed by atoms with Crippen molar-refractivity contribution < 1.29 is 0 Å². The Balaban J connectivity index is 2.21. The van der Waals surface area contributed by atoms with Gasteiger partial charge in [-0.3, -0.25) is 0 Å². The lowest BCUT2D eigenvalue weighted by Gasteiger charge is -2.14. The molecular formula is C13H16BrN3S. The van der Waals surface area contributed by atoms with E-state index in [-0.39, 0.29) is 5.41 Å². The van der Waals surface area contributed by atoms with Gasteiger partial charge in [-0.1, -0.05) is 20.8 Å². The molecule has 0 aliphatic rings. The Morgan fingerprint density at radius 1 is 1.22 bits per heavy atom. The topological polar surface area (TPSA) is 38.7 Å². The maximum absolute atomic E-state index is 4.68. The zero-order valence-electron chi connectivity index (χ0n) is 11.0. The zero-order chi connectivity index (χ0) is 13.3. The molecule has 0 saturated carbocycles. The van der Waals surface area contributed by atoms with Gasteiger partial charge in [0, 0.05) is 17.2 Å². The number of halogens is 1. The van der Waals surface area contributed by atoms with Crippen LogP contribution in [-0.2, 0) is 11.8 Å². The van der Waals surface area contributed by atoms with Crippen LogP contribution in [0, 0.1) is 6.92 Å². The minimum absolute atomic E-state index is 0.108. The highest BCUT2D eigenvalue weighted by atomic mass is 79.9. The standard InChI is InChI=1S/C13H16BrN3S/c1-8-15-9(5-11(14)16-8)6-12-17-10(7-18-12)13(2,3)4/h5,7H,6H2,1-4H3. The molecule has 5 heteroatoms. The van der Waals surface area contributed by atoms with Crippen LogP contribution in [0.15, 0.2) is 16.0 Å². The molecule has 2 aromatic heterocycles. The molecule has 3 nitrogen and oxygen atoms in total. The van der Waals surface area contributed by atoms with E-state index in [0.717, 1.165) is 33.2 Å². The Morgan fingerprint density at radius 3 is 2.50 bits per heavy atom. The van der Waals surface area contributed by atoms with Crippen molar-refractivity contribution in [3.63, 3.8) is 0 Å². The predicted octanol–water partition coefficient (Wildman–Crippen LogP) is 3.89. The second-order valence-corrected chi connectivity index (χ2v) is 7.04. The molecule has 0 aromatic carbocycles. The molecular weight excluding hydrogens is 310 g/mol. The van der Waals surface area contributed by atoms with Crippen LogP contribution in [0.25, 0.3) is 0 Å². The van der Waals surface area contributed by atoms with Gasteiger partial charge in [0.05, 0.1) is 16.4 Å². The lowest BCUT2D eigenvalue weighted by molar-refractivity contribution is 0.571. The summed E-state index contributed by atoms with van der Waals surface area (Å²) in [6.07, 6.45) is 0.767. The number of hydrogen-bond donors (Lipinski definition) is 0. The molecule has 2 aromatic rings. The Hall–Kier alpha value is -0.810. The smallest absolute Gasteiger partial charge is 0.126 e. The van der Waals surface area contributed by atoms with E-state index in [9.17, 15) is 0 Å². The van der Waals surface area contributed by atoms with Crippen LogP contribution in [0.1, 0.15) is 43.0 Å². The van der Waals surface area contributed by atoms with Gasteiger partial charge in [-0.25, -0.2) is 15.0 Å². The highest BCUT2D eigenvalue weighted by Gasteiger charge is 2.17. The van der Waals surface area contributed by atoms with Crippen molar-refractivity contribution in [2.75, 3.05) is 0 Å². The summed E-state index contributed by atoms with van der Waals surface area (Å²) in [5.74, 6) is 0.784. The van der Waals surface area contributed by atoms with Gasteiger partial charge in [0.25, 0.3) is 0 Å². The Morgan fingerprint density at radius 2 is 1.94 bits per heavy atom. The highest BCUT2D eigenvalue weighted by Crippen LogP contribution is 2.25. The molecule has 0 bridgehead atoms. The van der Waals surface area contributed by atoms with Crippen LogP contribution in [-0.4, -0.2) is 15.0 Å². The molecule has 18 heavy (non-hydrogen) atoms. The molecule has 96 valence electrons. The average molecular weight is 326 g/mol. The molecule has 0 aliphatic heterocycles. The summed E-state index contributed by atoms with van der Waals surface area (Å²) in [7, 11) is 0. The molecule has 0 atom stereocenters. The summed E-state index contributed by atoms with van der Waals surface area (Å²) >= 11 is 5.09. The maximum Gasteiger partial charge on any atom is 0.126 e. The predicted molar refractivity (Wildman–Crippen MR) is 78.1 cm³/mol.